The molecule has 2 fully saturated rings. The van der Waals surface area contributed by atoms with Crippen molar-refractivity contribution in [3.63, 3.8) is 0 Å². The number of amides is 2. The zero-order valence-corrected chi connectivity index (χ0v) is 30.8. The highest BCUT2D eigenvalue weighted by Crippen LogP contribution is 2.38. The lowest BCUT2D eigenvalue weighted by atomic mass is 10.0. The van der Waals surface area contributed by atoms with Gasteiger partial charge < -0.3 is 24.1 Å². The van der Waals surface area contributed by atoms with E-state index in [9.17, 15) is 9.59 Å². The van der Waals surface area contributed by atoms with Gasteiger partial charge in [-0.05, 0) is 82.7 Å². The second kappa shape index (κ2) is 14.0. The van der Waals surface area contributed by atoms with Crippen LogP contribution in [-0.2, 0) is 18.3 Å². The Kier molecular flexibility index (Phi) is 9.06. The Morgan fingerprint density at radius 2 is 1.62 bits per heavy atom. The largest absolute Gasteiger partial charge is 0.444 e. The van der Waals surface area contributed by atoms with Crippen molar-refractivity contribution in [2.75, 3.05) is 13.1 Å². The summed E-state index contributed by atoms with van der Waals surface area (Å²) in [4.78, 5) is 43.5. The van der Waals surface area contributed by atoms with E-state index in [1.807, 2.05) is 99.6 Å². The molecule has 3 aromatic carbocycles. The van der Waals surface area contributed by atoms with E-state index in [0.717, 1.165) is 75.5 Å². The van der Waals surface area contributed by atoms with E-state index in [1.54, 1.807) is 0 Å². The van der Waals surface area contributed by atoms with Crippen LogP contribution < -0.4 is 5.32 Å². The third-order valence-electron chi connectivity index (χ3n) is 10.0. The van der Waals surface area contributed by atoms with Crippen LogP contribution in [-0.4, -0.2) is 66.4 Å². The lowest BCUT2D eigenvalue weighted by molar-refractivity contribution is 0.0452. The van der Waals surface area contributed by atoms with Crippen molar-refractivity contribution >= 4 is 45.5 Å². The van der Waals surface area contributed by atoms with E-state index >= 15 is 0 Å². The highest BCUT2D eigenvalue weighted by molar-refractivity contribution is 6.15. The smallest absolute Gasteiger partial charge is 0.407 e. The second-order valence-corrected chi connectivity index (χ2v) is 15.3. The highest BCUT2D eigenvalue weighted by Gasteiger charge is 2.29. The number of aromatic nitrogens is 4. The van der Waals surface area contributed by atoms with Crippen molar-refractivity contribution in [1.82, 2.24) is 29.3 Å². The van der Waals surface area contributed by atoms with Crippen molar-refractivity contribution in [2.45, 2.75) is 64.6 Å². The number of nitrogens with one attached hydrogen (secondary N) is 1. The Labute approximate surface area is 309 Å². The van der Waals surface area contributed by atoms with E-state index in [-0.39, 0.29) is 11.9 Å². The second-order valence-electron chi connectivity index (χ2n) is 15.3. The van der Waals surface area contributed by atoms with Gasteiger partial charge in [0.05, 0.1) is 28.1 Å². The third-order valence-corrected chi connectivity index (χ3v) is 10.0. The molecule has 6 aromatic rings. The number of carbonyl (C=O) groups is 2. The van der Waals surface area contributed by atoms with Crippen LogP contribution in [0.2, 0.25) is 0 Å². The minimum absolute atomic E-state index is 0.0722. The van der Waals surface area contributed by atoms with Gasteiger partial charge in [-0.25, -0.2) is 19.8 Å². The van der Waals surface area contributed by atoms with Gasteiger partial charge in [-0.1, -0.05) is 60.7 Å². The number of fused-ring (bicyclic) bond motifs is 2. The summed E-state index contributed by atoms with van der Waals surface area (Å²) >= 11 is 0. The first-order valence-electron chi connectivity index (χ1n) is 18.5. The molecule has 270 valence electrons. The van der Waals surface area contributed by atoms with Gasteiger partial charge in [0.1, 0.15) is 11.2 Å². The molecule has 10 nitrogen and oxygen atoms in total. The fourth-order valence-corrected chi connectivity index (χ4v) is 7.27. The molecule has 0 spiro atoms. The van der Waals surface area contributed by atoms with Gasteiger partial charge in [0.15, 0.2) is 5.82 Å². The molecule has 1 N–H and O–H groups in total. The molecule has 1 aliphatic carbocycles. The summed E-state index contributed by atoms with van der Waals surface area (Å²) in [5, 5.41) is 3.92. The molecule has 1 saturated heterocycles. The van der Waals surface area contributed by atoms with E-state index in [0.29, 0.717) is 24.6 Å². The van der Waals surface area contributed by atoms with Crippen LogP contribution in [0.25, 0.3) is 33.6 Å². The molecule has 1 aliphatic heterocycles. The number of rotatable bonds is 8. The number of ether oxygens (including phenoxy) is 1. The highest BCUT2D eigenvalue weighted by atomic mass is 16.6. The maximum absolute atomic E-state index is 13.8. The normalized spacial score (nSPS) is 16.2. The molecule has 0 unspecified atom stereocenters. The SMILES string of the molecule is Cn1c(-c2cc3c(N=C(c4ccccc4)c4ccccc4)ccnc3n2CC2CC2)nc2cc(C(=O)N3CCC[C@@H](NC(=O)OC(C)(C)C)C3)ccc21. The zero-order chi connectivity index (χ0) is 36.7. The van der Waals surface area contributed by atoms with Crippen molar-refractivity contribution in [2.24, 2.45) is 18.0 Å². The number of likely N-dealkylation sites (tertiary alicyclic amines) is 1. The first kappa shape index (κ1) is 34.3. The molecule has 1 saturated carbocycles. The number of aryl methyl sites for hydroxylation is 1. The van der Waals surface area contributed by atoms with Crippen LogP contribution in [0.5, 0.6) is 0 Å². The fourth-order valence-electron chi connectivity index (χ4n) is 7.27. The maximum Gasteiger partial charge on any atom is 0.407 e. The minimum atomic E-state index is -0.585. The molecule has 2 aliphatic rings. The molecule has 10 heteroatoms. The summed E-state index contributed by atoms with van der Waals surface area (Å²) in [6, 6.07) is 30.3. The van der Waals surface area contributed by atoms with Gasteiger partial charge in [-0.3, -0.25) is 4.79 Å². The number of hydrogen-bond donors (Lipinski definition) is 1. The molecule has 0 radical (unpaired) electrons. The van der Waals surface area contributed by atoms with E-state index < -0.39 is 11.7 Å². The summed E-state index contributed by atoms with van der Waals surface area (Å²) < 4.78 is 9.86. The van der Waals surface area contributed by atoms with Gasteiger partial charge >= 0.3 is 6.09 Å². The van der Waals surface area contributed by atoms with E-state index in [4.69, 9.17) is 19.7 Å². The average Bonchev–Trinajstić information content (AvgIpc) is 3.82. The minimum Gasteiger partial charge on any atom is -0.444 e. The summed E-state index contributed by atoms with van der Waals surface area (Å²) in [7, 11) is 2.03. The van der Waals surface area contributed by atoms with Crippen molar-refractivity contribution in [3.8, 4) is 11.5 Å². The summed E-state index contributed by atoms with van der Waals surface area (Å²) in [6.07, 6.45) is 5.38. The molecule has 4 heterocycles. The lowest BCUT2D eigenvalue weighted by Crippen LogP contribution is -2.50. The lowest BCUT2D eigenvalue weighted by Gasteiger charge is -2.33. The molecule has 1 atom stereocenters. The molecular weight excluding hydrogens is 663 g/mol. The van der Waals surface area contributed by atoms with Gasteiger partial charge in [-0.15, -0.1) is 0 Å². The topological polar surface area (TPSA) is 107 Å². The Morgan fingerprint density at radius 3 is 2.30 bits per heavy atom. The van der Waals surface area contributed by atoms with Crippen LogP contribution in [0.15, 0.2) is 102 Å². The van der Waals surface area contributed by atoms with Gasteiger partial charge in [-0.2, -0.15) is 0 Å². The maximum atomic E-state index is 13.8. The molecule has 8 rings (SSSR count). The first-order valence-corrected chi connectivity index (χ1v) is 18.5. The Morgan fingerprint density at radius 1 is 0.906 bits per heavy atom. The van der Waals surface area contributed by atoms with E-state index in [2.05, 4.69) is 44.8 Å². The number of hydrogen-bond acceptors (Lipinski definition) is 6. The number of aliphatic imine (C=N–C) groups is 1. The van der Waals surface area contributed by atoms with Crippen LogP contribution in [0.1, 0.15) is 67.9 Å². The number of imidazole rings is 1. The molecule has 2 amide bonds. The monoisotopic (exact) mass is 707 g/mol. The quantitative estimate of drug-likeness (QED) is 0.160. The van der Waals surface area contributed by atoms with Crippen LogP contribution in [0, 0.1) is 5.92 Å². The fraction of sp³-hybridized carbons (Fsp3) is 0.326. The number of alkyl carbamates (subject to hydrolysis) is 1. The van der Waals surface area contributed by atoms with Gasteiger partial charge in [0.2, 0.25) is 0 Å². The van der Waals surface area contributed by atoms with Crippen LogP contribution in [0.3, 0.4) is 0 Å². The standard InChI is InChI=1S/C43H45N7O3/c1-43(2,3)53-42(52)45-32-16-11-23-49(27-32)41(51)31-19-20-36-35(24-31)47-40(48(36)4)37-25-33-34(21-22-44-39(33)50(37)26-28-17-18-28)46-38(29-12-7-5-8-13-29)30-14-9-6-10-15-30/h5-10,12-15,19-22,24-25,28,32H,11,16-18,23,26-27H2,1-4H3,(H,45,52)/t32-/m1/s1. The molecule has 3 aromatic heterocycles. The molecule has 0 bridgehead atoms. The average molecular weight is 708 g/mol. The number of pyridine rings is 1. The van der Waals surface area contributed by atoms with Crippen LogP contribution in [0.4, 0.5) is 10.5 Å². The van der Waals surface area contributed by atoms with Gasteiger partial charge in [0, 0.05) is 61.0 Å². The zero-order valence-electron chi connectivity index (χ0n) is 30.8. The van der Waals surface area contributed by atoms with Crippen molar-refractivity contribution < 1.29 is 14.3 Å². The number of carbonyl (C=O) groups excluding carboxylic acids is 2. The van der Waals surface area contributed by atoms with E-state index in [1.165, 1.54) is 12.8 Å². The van der Waals surface area contributed by atoms with Gasteiger partial charge in [0.25, 0.3) is 5.91 Å². The molecular formula is C43H45N7O3. The summed E-state index contributed by atoms with van der Waals surface area (Å²) in [5.74, 6) is 1.33. The van der Waals surface area contributed by atoms with Crippen LogP contribution >= 0.6 is 0 Å². The predicted molar refractivity (Wildman–Crippen MR) is 209 cm³/mol. The number of nitrogens with zero attached hydrogens (tertiary/aromatic N) is 6. The van der Waals surface area contributed by atoms with Crippen molar-refractivity contribution in [3.05, 3.63) is 114 Å². The Hall–Kier alpha value is -5.77. The van der Waals surface area contributed by atoms with Crippen molar-refractivity contribution in [1.29, 1.82) is 0 Å². The predicted octanol–water partition coefficient (Wildman–Crippen LogP) is 8.30. The Bertz CT molecular complexity index is 2290. The first-order chi connectivity index (χ1) is 25.6. The Balaban J connectivity index is 1.14. The summed E-state index contributed by atoms with van der Waals surface area (Å²) in [6.45, 7) is 7.43. The summed E-state index contributed by atoms with van der Waals surface area (Å²) in [5.41, 5.74) is 7.37. The third kappa shape index (κ3) is 7.31. The number of benzene rings is 3. The molecule has 53 heavy (non-hydrogen) atoms. The number of piperidine rings is 1.